The molecule has 2 aromatic rings. The Hall–Kier alpha value is -1.61. The number of rotatable bonds is 4. The van der Waals surface area contributed by atoms with Gasteiger partial charge in [0.25, 0.3) is 0 Å². The van der Waals surface area contributed by atoms with Gasteiger partial charge in [0, 0.05) is 4.47 Å². The number of aryl methyl sites for hydroxylation is 1. The van der Waals surface area contributed by atoms with Crippen molar-refractivity contribution in [3.8, 4) is 0 Å². The molecule has 2 aromatic carbocycles. The zero-order valence-electron chi connectivity index (χ0n) is 10.1. The second-order valence-corrected chi connectivity index (χ2v) is 4.96. The Bertz CT molecular complexity index is 534. The summed E-state index contributed by atoms with van der Waals surface area (Å²) in [6.45, 7) is 2.56. The number of hydrogen-bond donors (Lipinski definition) is 0. The van der Waals surface area contributed by atoms with Crippen LogP contribution in [0.5, 0.6) is 0 Å². The minimum Gasteiger partial charge on any atom is -0.391 e. The summed E-state index contributed by atoms with van der Waals surface area (Å²) in [5, 5.41) is 3.96. The van der Waals surface area contributed by atoms with Gasteiger partial charge in [0.2, 0.25) is 0 Å². The molecule has 0 N–H and O–H groups in total. The van der Waals surface area contributed by atoms with Gasteiger partial charge in [-0.25, -0.2) is 0 Å². The molecule has 3 heteroatoms. The van der Waals surface area contributed by atoms with Gasteiger partial charge in [-0.3, -0.25) is 0 Å². The molecule has 0 atom stereocenters. The predicted octanol–water partition coefficient (Wildman–Crippen LogP) is 4.31. The molecule has 0 amide bonds. The van der Waals surface area contributed by atoms with E-state index < -0.39 is 0 Å². The average molecular weight is 304 g/mol. The van der Waals surface area contributed by atoms with E-state index in [4.69, 9.17) is 4.84 Å². The highest BCUT2D eigenvalue weighted by atomic mass is 79.9. The van der Waals surface area contributed by atoms with Crippen molar-refractivity contribution >= 4 is 22.1 Å². The molecular formula is C15H14BrNO. The van der Waals surface area contributed by atoms with Crippen molar-refractivity contribution in [3.63, 3.8) is 0 Å². The predicted molar refractivity (Wildman–Crippen MR) is 77.7 cm³/mol. The van der Waals surface area contributed by atoms with Gasteiger partial charge in [0.1, 0.15) is 6.61 Å². The molecule has 18 heavy (non-hydrogen) atoms. The van der Waals surface area contributed by atoms with Crippen LogP contribution in [0, 0.1) is 6.92 Å². The quantitative estimate of drug-likeness (QED) is 0.609. The maximum Gasteiger partial charge on any atom is 0.142 e. The third-order valence-electron chi connectivity index (χ3n) is 2.46. The average Bonchev–Trinajstić information content (AvgIpc) is 2.37. The first-order valence-electron chi connectivity index (χ1n) is 5.70. The van der Waals surface area contributed by atoms with Crippen LogP contribution in [-0.4, -0.2) is 6.21 Å². The van der Waals surface area contributed by atoms with Crippen molar-refractivity contribution in [1.29, 1.82) is 0 Å². The lowest BCUT2D eigenvalue weighted by atomic mass is 10.1. The molecule has 0 unspecified atom stereocenters. The minimum absolute atomic E-state index is 0.495. The summed E-state index contributed by atoms with van der Waals surface area (Å²) in [5.74, 6) is 0. The molecule has 0 fully saturated rings. The highest BCUT2D eigenvalue weighted by Gasteiger charge is 1.93. The summed E-state index contributed by atoms with van der Waals surface area (Å²) in [5.41, 5.74) is 3.37. The Kier molecular flexibility index (Phi) is 4.53. The highest BCUT2D eigenvalue weighted by molar-refractivity contribution is 9.10. The monoisotopic (exact) mass is 303 g/mol. The first-order chi connectivity index (χ1) is 8.74. The lowest BCUT2D eigenvalue weighted by molar-refractivity contribution is 0.132. The molecule has 0 saturated carbocycles. The Morgan fingerprint density at radius 1 is 1.17 bits per heavy atom. The molecule has 0 bridgehead atoms. The Labute approximate surface area is 115 Å². The van der Waals surface area contributed by atoms with Crippen molar-refractivity contribution in [1.82, 2.24) is 0 Å². The summed E-state index contributed by atoms with van der Waals surface area (Å²) in [6.07, 6.45) is 1.71. The van der Waals surface area contributed by atoms with E-state index in [0.29, 0.717) is 6.61 Å². The van der Waals surface area contributed by atoms with Crippen LogP contribution in [0.2, 0.25) is 0 Å². The van der Waals surface area contributed by atoms with E-state index in [2.05, 4.69) is 40.1 Å². The number of oxime groups is 1. The largest absolute Gasteiger partial charge is 0.391 e. The van der Waals surface area contributed by atoms with E-state index in [0.717, 1.165) is 15.6 Å². The number of hydrogen-bond acceptors (Lipinski definition) is 2. The summed E-state index contributed by atoms with van der Waals surface area (Å²) < 4.78 is 1.06. The molecule has 0 aliphatic rings. The zero-order chi connectivity index (χ0) is 12.8. The molecule has 92 valence electrons. The van der Waals surface area contributed by atoms with E-state index in [-0.39, 0.29) is 0 Å². The van der Waals surface area contributed by atoms with E-state index in [9.17, 15) is 0 Å². The summed E-state index contributed by atoms with van der Waals surface area (Å²) in [7, 11) is 0. The van der Waals surface area contributed by atoms with Gasteiger partial charge >= 0.3 is 0 Å². The van der Waals surface area contributed by atoms with E-state index in [1.54, 1.807) is 6.21 Å². The van der Waals surface area contributed by atoms with Crippen LogP contribution in [0.1, 0.15) is 16.7 Å². The molecule has 0 heterocycles. The van der Waals surface area contributed by atoms with Crippen LogP contribution in [0.3, 0.4) is 0 Å². The summed E-state index contributed by atoms with van der Waals surface area (Å²) in [6, 6.07) is 16.1. The van der Waals surface area contributed by atoms with Gasteiger partial charge < -0.3 is 4.84 Å². The molecule has 2 rings (SSSR count). The Morgan fingerprint density at radius 2 is 1.94 bits per heavy atom. The zero-order valence-corrected chi connectivity index (χ0v) is 11.7. The topological polar surface area (TPSA) is 21.6 Å². The number of benzene rings is 2. The van der Waals surface area contributed by atoms with Crippen molar-refractivity contribution < 1.29 is 4.84 Å². The van der Waals surface area contributed by atoms with Gasteiger partial charge in [0.15, 0.2) is 0 Å². The Balaban J connectivity index is 1.87. The van der Waals surface area contributed by atoms with Gasteiger partial charge in [-0.1, -0.05) is 63.0 Å². The lowest BCUT2D eigenvalue weighted by Gasteiger charge is -2.00. The highest BCUT2D eigenvalue weighted by Crippen LogP contribution is 2.09. The fourth-order valence-corrected chi connectivity index (χ4v) is 1.83. The van der Waals surface area contributed by atoms with Crippen LogP contribution in [0.15, 0.2) is 58.2 Å². The van der Waals surface area contributed by atoms with Crippen molar-refractivity contribution in [2.24, 2.45) is 5.16 Å². The summed E-state index contributed by atoms with van der Waals surface area (Å²) >= 11 is 3.39. The molecule has 2 nitrogen and oxygen atoms in total. The minimum atomic E-state index is 0.495. The molecule has 0 radical (unpaired) electrons. The first-order valence-corrected chi connectivity index (χ1v) is 6.50. The molecule has 0 saturated heterocycles. The normalized spacial score (nSPS) is 10.8. The molecule has 0 aromatic heterocycles. The maximum atomic E-state index is 5.27. The van der Waals surface area contributed by atoms with E-state index >= 15 is 0 Å². The second kappa shape index (κ2) is 6.36. The smallest absolute Gasteiger partial charge is 0.142 e. The van der Waals surface area contributed by atoms with Crippen molar-refractivity contribution in [3.05, 3.63) is 69.7 Å². The molecule has 0 aliphatic heterocycles. The second-order valence-electron chi connectivity index (χ2n) is 4.05. The van der Waals surface area contributed by atoms with Crippen molar-refractivity contribution in [2.45, 2.75) is 13.5 Å². The van der Waals surface area contributed by atoms with Gasteiger partial charge in [-0.15, -0.1) is 0 Å². The molecule has 0 spiro atoms. The first kappa shape index (κ1) is 12.8. The number of nitrogens with zero attached hydrogens (tertiary/aromatic N) is 1. The molecular weight excluding hydrogens is 290 g/mol. The Morgan fingerprint density at radius 3 is 2.67 bits per heavy atom. The lowest BCUT2D eigenvalue weighted by Crippen LogP contribution is -1.88. The SMILES string of the molecule is Cc1cccc(CON=Cc2ccc(Br)cc2)c1. The van der Waals surface area contributed by atoms with Gasteiger partial charge in [0.05, 0.1) is 6.21 Å². The standard InChI is InChI=1S/C15H14BrNO/c1-12-3-2-4-14(9-12)11-18-17-10-13-5-7-15(16)8-6-13/h2-10H,11H2,1H3. The number of halogens is 1. The van der Waals surface area contributed by atoms with Crippen LogP contribution in [0.4, 0.5) is 0 Å². The third-order valence-corrected chi connectivity index (χ3v) is 2.99. The van der Waals surface area contributed by atoms with E-state index in [1.165, 1.54) is 5.56 Å². The maximum absolute atomic E-state index is 5.27. The fraction of sp³-hybridized carbons (Fsp3) is 0.133. The summed E-state index contributed by atoms with van der Waals surface area (Å²) in [4.78, 5) is 5.27. The van der Waals surface area contributed by atoms with Crippen LogP contribution < -0.4 is 0 Å². The molecule has 0 aliphatic carbocycles. The third kappa shape index (κ3) is 4.00. The van der Waals surface area contributed by atoms with Gasteiger partial charge in [-0.05, 0) is 30.2 Å². The van der Waals surface area contributed by atoms with Crippen LogP contribution in [-0.2, 0) is 11.4 Å². The van der Waals surface area contributed by atoms with E-state index in [1.807, 2.05) is 36.4 Å². The van der Waals surface area contributed by atoms with Crippen molar-refractivity contribution in [2.75, 3.05) is 0 Å². The van der Waals surface area contributed by atoms with Crippen LogP contribution >= 0.6 is 15.9 Å². The van der Waals surface area contributed by atoms with Crippen LogP contribution in [0.25, 0.3) is 0 Å². The van der Waals surface area contributed by atoms with Gasteiger partial charge in [-0.2, -0.15) is 0 Å². The fourth-order valence-electron chi connectivity index (χ4n) is 1.56.